The first-order chi connectivity index (χ1) is 9.74. The van der Waals surface area contributed by atoms with Crippen molar-refractivity contribution in [2.45, 2.75) is 69.4 Å². The largest absolute Gasteiger partial charge is 0.394 e. The lowest BCUT2D eigenvalue weighted by Gasteiger charge is -2.46. The lowest BCUT2D eigenvalue weighted by Crippen LogP contribution is -2.65. The summed E-state index contributed by atoms with van der Waals surface area (Å²) in [5.41, 5.74) is 0. The number of carbonyl (C=O) groups is 1. The van der Waals surface area contributed by atoms with Crippen LogP contribution in [0.3, 0.4) is 0 Å². The number of amides is 1. The summed E-state index contributed by atoms with van der Waals surface area (Å²) in [6, 6.07) is -0.990. The van der Waals surface area contributed by atoms with Crippen molar-refractivity contribution in [2.24, 2.45) is 0 Å². The Hall–Kier alpha value is -0.770. The smallest absolute Gasteiger partial charge is 0.217 e. The van der Waals surface area contributed by atoms with Gasteiger partial charge in [0.25, 0.3) is 0 Å². The Kier molecular flexibility index (Phi) is 6.51. The van der Waals surface area contributed by atoms with Gasteiger partial charge in [-0.05, 0) is 0 Å². The number of aliphatic hydroxyl groups excluding tert-OH is 4. The number of ether oxygens (including phenoxy) is 1. The van der Waals surface area contributed by atoms with Gasteiger partial charge in [-0.2, -0.15) is 0 Å². The van der Waals surface area contributed by atoms with Gasteiger partial charge in [-0.15, -0.1) is 0 Å². The summed E-state index contributed by atoms with van der Waals surface area (Å²) in [5.74, 6) is -2.09. The standard InChI is InChI=1S/C13H25NO7/c1-3-4-13(20)5-8(17)10(14-7(2)16)12(21-13)11(19)9(18)6-15/h8-12,15,17-20H,3-6H2,1-2H3,(H,14,16)/t8-,9+,10+,11+,12+,13+/m0/s1. The summed E-state index contributed by atoms with van der Waals surface area (Å²) in [4.78, 5) is 11.2. The molecular formula is C13H25NO7. The molecule has 1 fully saturated rings. The lowest BCUT2D eigenvalue weighted by atomic mass is 9.87. The molecule has 0 aromatic rings. The van der Waals surface area contributed by atoms with Gasteiger partial charge in [-0.3, -0.25) is 4.79 Å². The van der Waals surface area contributed by atoms with E-state index >= 15 is 0 Å². The normalized spacial score (nSPS) is 36.0. The summed E-state index contributed by atoms with van der Waals surface area (Å²) in [6.45, 7) is 2.35. The average molecular weight is 307 g/mol. The van der Waals surface area contributed by atoms with Crippen molar-refractivity contribution >= 4 is 5.91 Å². The van der Waals surface area contributed by atoms with Crippen LogP contribution in [0.2, 0.25) is 0 Å². The van der Waals surface area contributed by atoms with Crippen LogP contribution in [0.15, 0.2) is 0 Å². The van der Waals surface area contributed by atoms with E-state index in [0.717, 1.165) is 0 Å². The third-order valence-corrected chi connectivity index (χ3v) is 3.58. The van der Waals surface area contributed by atoms with Gasteiger partial charge >= 0.3 is 0 Å². The van der Waals surface area contributed by atoms with Gasteiger partial charge in [0.05, 0.1) is 18.8 Å². The third-order valence-electron chi connectivity index (χ3n) is 3.58. The zero-order valence-electron chi connectivity index (χ0n) is 12.3. The van der Waals surface area contributed by atoms with Crippen LogP contribution in [0, 0.1) is 0 Å². The topological polar surface area (TPSA) is 139 Å². The maximum absolute atomic E-state index is 11.2. The van der Waals surface area contributed by atoms with Crippen LogP contribution >= 0.6 is 0 Å². The van der Waals surface area contributed by atoms with E-state index in [9.17, 15) is 25.2 Å². The van der Waals surface area contributed by atoms with E-state index in [1.165, 1.54) is 6.92 Å². The molecule has 0 aliphatic carbocycles. The molecule has 0 aromatic carbocycles. The van der Waals surface area contributed by atoms with Crippen molar-refractivity contribution in [3.63, 3.8) is 0 Å². The molecule has 0 radical (unpaired) electrons. The third kappa shape index (κ3) is 4.60. The first-order valence-corrected chi connectivity index (χ1v) is 7.06. The molecule has 124 valence electrons. The summed E-state index contributed by atoms with van der Waals surface area (Å²) in [7, 11) is 0. The van der Waals surface area contributed by atoms with Crippen molar-refractivity contribution in [3.8, 4) is 0 Å². The molecule has 21 heavy (non-hydrogen) atoms. The fourth-order valence-corrected chi connectivity index (χ4v) is 2.62. The van der Waals surface area contributed by atoms with E-state index in [1.807, 2.05) is 6.92 Å². The molecule has 0 aromatic heterocycles. The Morgan fingerprint density at radius 1 is 1.48 bits per heavy atom. The monoisotopic (exact) mass is 307 g/mol. The van der Waals surface area contributed by atoms with Crippen molar-refractivity contribution < 1.29 is 35.1 Å². The van der Waals surface area contributed by atoms with Crippen LogP contribution in [-0.4, -0.2) is 74.3 Å². The first-order valence-electron chi connectivity index (χ1n) is 7.06. The van der Waals surface area contributed by atoms with Crippen LogP contribution in [0.1, 0.15) is 33.1 Å². The summed E-state index contributed by atoms with van der Waals surface area (Å²) < 4.78 is 5.44. The molecule has 1 aliphatic heterocycles. The Bertz CT molecular complexity index is 353. The van der Waals surface area contributed by atoms with Crippen molar-refractivity contribution in [1.29, 1.82) is 0 Å². The molecule has 1 rings (SSSR count). The highest BCUT2D eigenvalue weighted by Gasteiger charge is 2.49. The lowest BCUT2D eigenvalue weighted by molar-refractivity contribution is -0.303. The number of hydrogen-bond acceptors (Lipinski definition) is 7. The number of carbonyl (C=O) groups excluding carboxylic acids is 1. The van der Waals surface area contributed by atoms with Crippen LogP contribution in [-0.2, 0) is 9.53 Å². The maximum atomic E-state index is 11.2. The van der Waals surface area contributed by atoms with Crippen molar-refractivity contribution in [3.05, 3.63) is 0 Å². The Morgan fingerprint density at radius 2 is 2.10 bits per heavy atom. The van der Waals surface area contributed by atoms with Gasteiger partial charge in [0.2, 0.25) is 5.91 Å². The summed E-state index contributed by atoms with van der Waals surface area (Å²) >= 11 is 0. The molecule has 8 nitrogen and oxygen atoms in total. The predicted molar refractivity (Wildman–Crippen MR) is 72.1 cm³/mol. The van der Waals surface area contributed by atoms with Crippen molar-refractivity contribution in [1.82, 2.24) is 5.32 Å². The first kappa shape index (κ1) is 18.3. The number of nitrogens with one attached hydrogen (secondary N) is 1. The molecule has 1 heterocycles. The van der Waals surface area contributed by atoms with Crippen LogP contribution in [0.5, 0.6) is 0 Å². The van der Waals surface area contributed by atoms with E-state index < -0.39 is 48.8 Å². The fourth-order valence-electron chi connectivity index (χ4n) is 2.62. The van der Waals surface area contributed by atoms with E-state index in [2.05, 4.69) is 5.32 Å². The van der Waals surface area contributed by atoms with Crippen LogP contribution < -0.4 is 5.32 Å². The maximum Gasteiger partial charge on any atom is 0.217 e. The highest BCUT2D eigenvalue weighted by Crippen LogP contribution is 2.33. The number of rotatable bonds is 6. The highest BCUT2D eigenvalue weighted by molar-refractivity contribution is 5.73. The minimum absolute atomic E-state index is 0.121. The quantitative estimate of drug-likeness (QED) is 0.328. The van der Waals surface area contributed by atoms with Gasteiger partial charge in [-0.1, -0.05) is 13.3 Å². The van der Waals surface area contributed by atoms with Gasteiger partial charge < -0.3 is 35.6 Å². The second-order valence-corrected chi connectivity index (χ2v) is 5.52. The van der Waals surface area contributed by atoms with E-state index in [1.54, 1.807) is 0 Å². The van der Waals surface area contributed by atoms with E-state index in [4.69, 9.17) is 9.84 Å². The average Bonchev–Trinajstić information content (AvgIpc) is 2.39. The van der Waals surface area contributed by atoms with Gasteiger partial charge in [0, 0.05) is 19.8 Å². The second-order valence-electron chi connectivity index (χ2n) is 5.52. The molecule has 6 N–H and O–H groups in total. The molecular weight excluding hydrogens is 282 g/mol. The summed E-state index contributed by atoms with van der Waals surface area (Å²) in [5, 5.41) is 51.4. The molecule has 0 spiro atoms. The zero-order chi connectivity index (χ0) is 16.2. The molecule has 6 atom stereocenters. The predicted octanol–water partition coefficient (Wildman–Crippen LogP) is -2.16. The Balaban J connectivity index is 2.98. The Morgan fingerprint density at radius 3 is 2.57 bits per heavy atom. The molecule has 1 aliphatic rings. The molecule has 0 saturated carbocycles. The molecule has 8 heteroatoms. The van der Waals surface area contributed by atoms with Gasteiger partial charge in [-0.25, -0.2) is 0 Å². The SMILES string of the molecule is CCC[C@]1(O)C[C@H](O)[C@@H](NC(C)=O)[C@H]([C@H](O)[C@H](O)CO)O1. The molecule has 1 amide bonds. The fraction of sp³-hybridized carbons (Fsp3) is 0.923. The number of hydrogen-bond donors (Lipinski definition) is 6. The van der Waals surface area contributed by atoms with Gasteiger partial charge in [0.15, 0.2) is 5.79 Å². The van der Waals surface area contributed by atoms with E-state index in [-0.39, 0.29) is 12.8 Å². The highest BCUT2D eigenvalue weighted by atomic mass is 16.6. The Labute approximate surface area is 123 Å². The minimum Gasteiger partial charge on any atom is -0.394 e. The number of aliphatic hydroxyl groups is 5. The molecule has 0 unspecified atom stereocenters. The van der Waals surface area contributed by atoms with Crippen LogP contribution in [0.25, 0.3) is 0 Å². The second kappa shape index (κ2) is 7.48. The van der Waals surface area contributed by atoms with E-state index in [0.29, 0.717) is 6.42 Å². The molecule has 0 bridgehead atoms. The molecule has 1 saturated heterocycles. The minimum atomic E-state index is -1.65. The zero-order valence-corrected chi connectivity index (χ0v) is 12.3. The summed E-state index contributed by atoms with van der Waals surface area (Å²) in [6.07, 6.45) is -4.77. The van der Waals surface area contributed by atoms with Gasteiger partial charge in [0.1, 0.15) is 18.3 Å². The van der Waals surface area contributed by atoms with Crippen LogP contribution in [0.4, 0.5) is 0 Å². The van der Waals surface area contributed by atoms with Crippen molar-refractivity contribution in [2.75, 3.05) is 6.61 Å².